The van der Waals surface area contributed by atoms with Gasteiger partial charge in [-0.3, -0.25) is 19.5 Å². The largest absolute Gasteiger partial charge is 0.468 e. The lowest BCUT2D eigenvalue weighted by atomic mass is 10.2. The van der Waals surface area contributed by atoms with E-state index in [0.29, 0.717) is 10.6 Å². The minimum absolute atomic E-state index is 0.00386. The average Bonchev–Trinajstić information content (AvgIpc) is 3.41. The molecule has 0 spiro atoms. The van der Waals surface area contributed by atoms with Crippen LogP contribution in [0, 0.1) is 0 Å². The molecule has 0 radical (unpaired) electrons. The number of thiophene rings is 1. The SMILES string of the molecule is CN(Cc1ccco1)S(=O)(=O)c1ccc(CN2C(=O)c3cccnc3C2=O)s1. The number of rotatable bonds is 6. The monoisotopic (exact) mass is 417 g/mol. The van der Waals surface area contributed by atoms with Crippen LogP contribution in [0.3, 0.4) is 0 Å². The smallest absolute Gasteiger partial charge is 0.280 e. The molecule has 1 aliphatic rings. The van der Waals surface area contributed by atoms with E-state index in [1.807, 2.05) is 0 Å². The number of amides is 2. The van der Waals surface area contributed by atoms with Gasteiger partial charge in [0, 0.05) is 18.1 Å². The first-order valence-corrected chi connectivity index (χ1v) is 10.5. The Bertz CT molecular complexity index is 1120. The lowest BCUT2D eigenvalue weighted by Crippen LogP contribution is -2.28. The van der Waals surface area contributed by atoms with Gasteiger partial charge in [-0.25, -0.2) is 8.42 Å². The van der Waals surface area contributed by atoms with Crippen molar-refractivity contribution in [1.82, 2.24) is 14.2 Å². The highest BCUT2D eigenvalue weighted by Gasteiger charge is 2.37. The lowest BCUT2D eigenvalue weighted by molar-refractivity contribution is 0.0642. The molecule has 0 saturated heterocycles. The summed E-state index contributed by atoms with van der Waals surface area (Å²) in [6.07, 6.45) is 2.94. The summed E-state index contributed by atoms with van der Waals surface area (Å²) in [5.74, 6) is -0.379. The number of hydrogen-bond acceptors (Lipinski definition) is 7. The Morgan fingerprint density at radius 3 is 2.68 bits per heavy atom. The number of furan rings is 1. The van der Waals surface area contributed by atoms with Crippen LogP contribution in [0.2, 0.25) is 0 Å². The number of imide groups is 1. The average molecular weight is 417 g/mol. The molecule has 0 aromatic carbocycles. The Kier molecular flexibility index (Phi) is 4.61. The Morgan fingerprint density at radius 2 is 1.96 bits per heavy atom. The van der Waals surface area contributed by atoms with E-state index in [9.17, 15) is 18.0 Å². The molecule has 0 unspecified atom stereocenters. The summed E-state index contributed by atoms with van der Waals surface area (Å²) in [5, 5.41) is 0. The van der Waals surface area contributed by atoms with Gasteiger partial charge in [0.15, 0.2) is 0 Å². The second-order valence-corrected chi connectivity index (χ2v) is 9.60. The van der Waals surface area contributed by atoms with E-state index in [0.717, 1.165) is 16.2 Å². The van der Waals surface area contributed by atoms with E-state index in [2.05, 4.69) is 4.98 Å². The summed E-state index contributed by atoms with van der Waals surface area (Å²) >= 11 is 1.02. The molecule has 1 aliphatic heterocycles. The number of hydrogen-bond donors (Lipinski definition) is 0. The summed E-state index contributed by atoms with van der Waals surface area (Å²) in [5.41, 5.74) is 0.380. The van der Waals surface area contributed by atoms with Crippen LogP contribution in [0.15, 0.2) is 57.5 Å². The quantitative estimate of drug-likeness (QED) is 0.571. The number of aromatic nitrogens is 1. The van der Waals surface area contributed by atoms with Crippen LogP contribution in [-0.2, 0) is 23.1 Å². The number of nitrogens with zero attached hydrogens (tertiary/aromatic N) is 3. The van der Waals surface area contributed by atoms with Gasteiger partial charge in [0.25, 0.3) is 21.8 Å². The summed E-state index contributed by atoms with van der Waals surface area (Å²) in [6, 6.07) is 9.62. The van der Waals surface area contributed by atoms with E-state index >= 15 is 0 Å². The minimum Gasteiger partial charge on any atom is -0.468 e. The third-order valence-corrected chi connectivity index (χ3v) is 7.65. The fraction of sp³-hybridized carbons (Fsp3) is 0.167. The second kappa shape index (κ2) is 6.97. The van der Waals surface area contributed by atoms with Crippen molar-refractivity contribution < 1.29 is 22.4 Å². The van der Waals surface area contributed by atoms with Crippen LogP contribution < -0.4 is 0 Å². The van der Waals surface area contributed by atoms with E-state index in [1.54, 1.807) is 30.3 Å². The molecule has 0 N–H and O–H groups in total. The summed E-state index contributed by atoms with van der Waals surface area (Å²) in [7, 11) is -2.25. The van der Waals surface area contributed by atoms with Crippen molar-refractivity contribution in [2.45, 2.75) is 17.3 Å². The van der Waals surface area contributed by atoms with Gasteiger partial charge in [0.2, 0.25) is 0 Å². The standard InChI is InChI=1S/C18H15N3O5S2/c1-20(10-12-4-3-9-26-12)28(24,25)15-7-6-13(27-15)11-21-17(22)14-5-2-8-19-16(14)18(21)23/h2-9H,10-11H2,1H3. The topological polar surface area (TPSA) is 101 Å². The van der Waals surface area contributed by atoms with Crippen LogP contribution in [0.4, 0.5) is 0 Å². The van der Waals surface area contributed by atoms with Gasteiger partial charge in [-0.2, -0.15) is 4.31 Å². The van der Waals surface area contributed by atoms with Crippen LogP contribution in [0.5, 0.6) is 0 Å². The van der Waals surface area contributed by atoms with Crippen molar-refractivity contribution >= 4 is 33.2 Å². The van der Waals surface area contributed by atoms with Crippen molar-refractivity contribution in [3.05, 3.63) is 70.8 Å². The maximum Gasteiger partial charge on any atom is 0.280 e. The van der Waals surface area contributed by atoms with Gasteiger partial charge < -0.3 is 4.42 Å². The van der Waals surface area contributed by atoms with Gasteiger partial charge in [-0.15, -0.1) is 11.3 Å². The lowest BCUT2D eigenvalue weighted by Gasteiger charge is -2.14. The van der Waals surface area contributed by atoms with E-state index in [1.165, 1.54) is 29.9 Å². The van der Waals surface area contributed by atoms with Crippen molar-refractivity contribution in [3.63, 3.8) is 0 Å². The zero-order valence-electron chi connectivity index (χ0n) is 14.7. The Hall–Kier alpha value is -2.82. The second-order valence-electron chi connectivity index (χ2n) is 6.16. The van der Waals surface area contributed by atoms with Crippen LogP contribution in [0.1, 0.15) is 31.5 Å². The van der Waals surface area contributed by atoms with Gasteiger partial charge in [-0.1, -0.05) is 0 Å². The molecule has 10 heteroatoms. The molecular formula is C18H15N3O5S2. The number of fused-ring (bicyclic) bond motifs is 1. The van der Waals surface area contributed by atoms with Crippen LogP contribution in [0.25, 0.3) is 0 Å². The Balaban J connectivity index is 1.52. The van der Waals surface area contributed by atoms with Crippen molar-refractivity contribution in [2.75, 3.05) is 7.05 Å². The molecule has 4 rings (SSSR count). The predicted octanol–water partition coefficient (Wildman–Crippen LogP) is 2.35. The van der Waals surface area contributed by atoms with Crippen LogP contribution >= 0.6 is 11.3 Å². The molecular weight excluding hydrogens is 402 g/mol. The van der Waals surface area contributed by atoms with E-state index in [-0.39, 0.29) is 28.6 Å². The fourth-order valence-corrected chi connectivity index (χ4v) is 5.55. The Labute approximate surface area is 165 Å². The number of carbonyl (C=O) groups excluding carboxylic acids is 2. The third-order valence-electron chi connectivity index (χ3n) is 4.31. The van der Waals surface area contributed by atoms with Crippen molar-refractivity contribution in [3.8, 4) is 0 Å². The number of carbonyl (C=O) groups is 2. The molecule has 0 aliphatic carbocycles. The minimum atomic E-state index is -3.72. The zero-order chi connectivity index (χ0) is 19.9. The van der Waals surface area contributed by atoms with E-state index < -0.39 is 21.8 Å². The summed E-state index contributed by atoms with van der Waals surface area (Å²) < 4.78 is 32.0. The number of sulfonamides is 1. The molecule has 8 nitrogen and oxygen atoms in total. The molecule has 4 heterocycles. The van der Waals surface area contributed by atoms with Gasteiger partial charge >= 0.3 is 0 Å². The van der Waals surface area contributed by atoms with E-state index in [4.69, 9.17) is 4.42 Å². The molecule has 28 heavy (non-hydrogen) atoms. The van der Waals surface area contributed by atoms with Gasteiger partial charge in [-0.05, 0) is 36.4 Å². The maximum absolute atomic E-state index is 12.8. The predicted molar refractivity (Wildman–Crippen MR) is 100 cm³/mol. The fourth-order valence-electron chi connectivity index (χ4n) is 2.86. The molecule has 0 fully saturated rings. The maximum atomic E-state index is 12.8. The van der Waals surface area contributed by atoms with Gasteiger partial charge in [0.05, 0.1) is 24.9 Å². The molecule has 0 atom stereocenters. The van der Waals surface area contributed by atoms with Gasteiger partial charge in [0.1, 0.15) is 15.7 Å². The highest BCUT2D eigenvalue weighted by molar-refractivity contribution is 7.91. The molecule has 0 saturated carbocycles. The van der Waals surface area contributed by atoms with Crippen molar-refractivity contribution in [1.29, 1.82) is 0 Å². The molecule has 3 aromatic rings. The highest BCUT2D eigenvalue weighted by atomic mass is 32.2. The first kappa shape index (κ1) is 18.5. The molecule has 2 amide bonds. The number of pyridine rings is 1. The zero-order valence-corrected chi connectivity index (χ0v) is 16.4. The highest BCUT2D eigenvalue weighted by Crippen LogP contribution is 2.29. The molecule has 3 aromatic heterocycles. The van der Waals surface area contributed by atoms with Crippen LogP contribution in [-0.4, -0.2) is 41.5 Å². The Morgan fingerprint density at radius 1 is 1.14 bits per heavy atom. The summed E-state index contributed by atoms with van der Waals surface area (Å²) in [6.45, 7) is 0.1000. The third kappa shape index (κ3) is 3.15. The normalized spacial score (nSPS) is 14.1. The first-order chi connectivity index (χ1) is 13.4. The molecule has 144 valence electrons. The first-order valence-electron chi connectivity index (χ1n) is 8.26. The molecule has 0 bridgehead atoms. The summed E-state index contributed by atoms with van der Waals surface area (Å²) in [4.78, 5) is 30.5. The van der Waals surface area contributed by atoms with Crippen molar-refractivity contribution in [2.24, 2.45) is 0 Å².